The molecule has 0 aliphatic heterocycles. The fraction of sp³-hybridized carbons (Fsp3) is 0.292. The monoisotopic (exact) mass is 484 g/mol. The quantitative estimate of drug-likeness (QED) is 0.346. The van der Waals surface area contributed by atoms with E-state index >= 15 is 0 Å². The van der Waals surface area contributed by atoms with Gasteiger partial charge in [0.25, 0.3) is 0 Å². The van der Waals surface area contributed by atoms with Gasteiger partial charge in [-0.2, -0.15) is 4.99 Å². The molecule has 0 N–H and O–H groups in total. The van der Waals surface area contributed by atoms with E-state index in [1.807, 2.05) is 19.1 Å². The van der Waals surface area contributed by atoms with Gasteiger partial charge in [-0.3, -0.25) is 9.59 Å². The lowest BCUT2D eigenvalue weighted by atomic mass is 10.2. The van der Waals surface area contributed by atoms with Crippen LogP contribution in [-0.2, 0) is 16.1 Å². The molecule has 0 unspecified atom stereocenters. The molecule has 0 radical (unpaired) electrons. The number of rotatable bonds is 8. The molecule has 0 atom stereocenters. The van der Waals surface area contributed by atoms with Crippen LogP contribution in [0.5, 0.6) is 17.2 Å². The summed E-state index contributed by atoms with van der Waals surface area (Å²) in [7, 11) is 3.07. The highest BCUT2D eigenvalue weighted by molar-refractivity contribution is 7.16. The summed E-state index contributed by atoms with van der Waals surface area (Å²) in [5.74, 6) is 0.619. The maximum Gasteiger partial charge on any atom is 0.326 e. The summed E-state index contributed by atoms with van der Waals surface area (Å²) < 4.78 is 29.8. The lowest BCUT2D eigenvalue weighted by Gasteiger charge is -2.09. The lowest BCUT2D eigenvalue weighted by Crippen LogP contribution is -2.23. The Morgan fingerprint density at radius 2 is 1.79 bits per heavy atom. The van der Waals surface area contributed by atoms with E-state index in [0.29, 0.717) is 39.7 Å². The lowest BCUT2D eigenvalue weighted by molar-refractivity contribution is -0.143. The Balaban J connectivity index is 1.88. The molecule has 0 saturated heterocycles. The molecule has 34 heavy (non-hydrogen) atoms. The Kier molecular flexibility index (Phi) is 6.87. The minimum absolute atomic E-state index is 0.0567. The molecule has 0 aliphatic rings. The van der Waals surface area contributed by atoms with E-state index in [9.17, 15) is 9.59 Å². The highest BCUT2D eigenvalue weighted by Crippen LogP contribution is 2.35. The molecule has 0 spiro atoms. The molecule has 4 rings (SSSR count). The Labute approximate surface area is 199 Å². The Bertz CT molecular complexity index is 1430. The Morgan fingerprint density at radius 1 is 1.03 bits per heavy atom. The number of aromatic nitrogens is 1. The van der Waals surface area contributed by atoms with Crippen LogP contribution in [0.3, 0.4) is 0 Å². The molecule has 4 aromatic rings. The third-order valence-corrected chi connectivity index (χ3v) is 6.09. The van der Waals surface area contributed by atoms with Gasteiger partial charge in [-0.25, -0.2) is 0 Å². The van der Waals surface area contributed by atoms with Crippen LogP contribution in [0, 0.1) is 0 Å². The second-order valence-corrected chi connectivity index (χ2v) is 8.04. The molecule has 2 aromatic carbocycles. The highest BCUT2D eigenvalue weighted by Gasteiger charge is 2.20. The van der Waals surface area contributed by atoms with E-state index in [1.165, 1.54) is 18.4 Å². The van der Waals surface area contributed by atoms with Gasteiger partial charge in [0.05, 0.1) is 27.4 Å². The summed E-state index contributed by atoms with van der Waals surface area (Å²) in [5.41, 5.74) is 1.05. The van der Waals surface area contributed by atoms with E-state index in [1.54, 1.807) is 42.9 Å². The summed E-state index contributed by atoms with van der Waals surface area (Å²) in [6, 6.07) is 10.5. The summed E-state index contributed by atoms with van der Waals surface area (Å²) in [4.78, 5) is 30.0. The molecule has 9 nitrogen and oxygen atoms in total. The number of esters is 1. The number of ether oxygens (including phenoxy) is 4. The minimum atomic E-state index is -0.597. The van der Waals surface area contributed by atoms with Crippen molar-refractivity contribution in [2.75, 3.05) is 27.4 Å². The average molecular weight is 485 g/mol. The maximum atomic E-state index is 13.1. The number of hydrogen-bond acceptors (Lipinski definition) is 8. The van der Waals surface area contributed by atoms with Crippen LogP contribution in [0.2, 0.25) is 0 Å². The van der Waals surface area contributed by atoms with Crippen LogP contribution in [0.25, 0.3) is 21.2 Å². The third kappa shape index (κ3) is 4.36. The standard InChI is InChI=1S/C24H24N2O7S/c1-5-31-16-9-7-8-14-12-18(33-21(14)16)23(28)25-24-26(13-19(27)32-6-2)20-15(29-3)10-11-17(30-4)22(20)34-24/h7-12H,5-6,13H2,1-4H3. The highest BCUT2D eigenvalue weighted by atomic mass is 32.1. The van der Waals surface area contributed by atoms with Crippen molar-refractivity contribution in [2.45, 2.75) is 20.4 Å². The van der Waals surface area contributed by atoms with Crippen molar-refractivity contribution in [2.24, 2.45) is 4.99 Å². The molecular weight excluding hydrogens is 460 g/mol. The zero-order valence-corrected chi connectivity index (χ0v) is 20.1. The third-order valence-electron chi connectivity index (χ3n) is 5.00. The van der Waals surface area contributed by atoms with E-state index in [0.717, 1.165) is 5.39 Å². The molecule has 0 bridgehead atoms. The zero-order valence-electron chi connectivity index (χ0n) is 19.2. The van der Waals surface area contributed by atoms with Gasteiger partial charge in [0.15, 0.2) is 21.9 Å². The first-order valence-electron chi connectivity index (χ1n) is 10.6. The number of amides is 1. The summed E-state index contributed by atoms with van der Waals surface area (Å²) in [6.07, 6.45) is 0. The molecule has 2 heterocycles. The van der Waals surface area contributed by atoms with E-state index in [-0.39, 0.29) is 23.7 Å². The fourth-order valence-electron chi connectivity index (χ4n) is 3.57. The Morgan fingerprint density at radius 3 is 2.50 bits per heavy atom. The van der Waals surface area contributed by atoms with Gasteiger partial charge in [0.2, 0.25) is 0 Å². The molecule has 10 heteroatoms. The van der Waals surface area contributed by atoms with Gasteiger partial charge in [-0.05, 0) is 38.1 Å². The van der Waals surface area contributed by atoms with Crippen molar-refractivity contribution in [3.05, 3.63) is 47.0 Å². The minimum Gasteiger partial charge on any atom is -0.495 e. The molecule has 0 saturated carbocycles. The number of para-hydroxylation sites is 1. The summed E-state index contributed by atoms with van der Waals surface area (Å²) in [5, 5.41) is 0.726. The van der Waals surface area contributed by atoms with Crippen molar-refractivity contribution >= 4 is 44.4 Å². The molecule has 2 aromatic heterocycles. The van der Waals surface area contributed by atoms with Crippen molar-refractivity contribution in [3.8, 4) is 17.2 Å². The van der Waals surface area contributed by atoms with Gasteiger partial charge < -0.3 is 27.9 Å². The molecule has 1 amide bonds. The number of carbonyl (C=O) groups is 2. The predicted octanol–water partition coefficient (Wildman–Crippen LogP) is 4.17. The Hall–Kier alpha value is -3.79. The van der Waals surface area contributed by atoms with Crippen LogP contribution in [-0.4, -0.2) is 43.9 Å². The van der Waals surface area contributed by atoms with E-state index < -0.39 is 11.9 Å². The molecular formula is C24H24N2O7S. The van der Waals surface area contributed by atoms with Crippen molar-refractivity contribution in [1.29, 1.82) is 0 Å². The van der Waals surface area contributed by atoms with Gasteiger partial charge in [0.1, 0.15) is 28.3 Å². The maximum absolute atomic E-state index is 13.1. The van der Waals surface area contributed by atoms with Crippen molar-refractivity contribution in [1.82, 2.24) is 4.57 Å². The van der Waals surface area contributed by atoms with Crippen LogP contribution in [0.1, 0.15) is 24.4 Å². The second kappa shape index (κ2) is 10.0. The van der Waals surface area contributed by atoms with Crippen LogP contribution in [0.4, 0.5) is 0 Å². The van der Waals surface area contributed by atoms with Gasteiger partial charge in [-0.15, -0.1) is 0 Å². The largest absolute Gasteiger partial charge is 0.495 e. The van der Waals surface area contributed by atoms with Crippen molar-refractivity contribution in [3.63, 3.8) is 0 Å². The SMILES string of the molecule is CCOC(=O)Cn1c(=NC(=O)c2cc3cccc(OCC)c3o2)sc2c(OC)ccc(OC)c21. The normalized spacial score (nSPS) is 11.7. The number of thiazole rings is 1. The zero-order chi connectivity index (χ0) is 24.2. The van der Waals surface area contributed by atoms with Gasteiger partial charge in [0, 0.05) is 5.39 Å². The topological polar surface area (TPSA) is 101 Å². The number of hydrogen-bond donors (Lipinski definition) is 0. The number of benzene rings is 2. The van der Waals surface area contributed by atoms with E-state index in [2.05, 4.69) is 4.99 Å². The number of nitrogens with zero attached hydrogens (tertiary/aromatic N) is 2. The van der Waals surface area contributed by atoms with Crippen molar-refractivity contribution < 1.29 is 33.0 Å². The molecule has 178 valence electrons. The van der Waals surface area contributed by atoms with Crippen LogP contribution < -0.4 is 19.0 Å². The first kappa shape index (κ1) is 23.4. The predicted molar refractivity (Wildman–Crippen MR) is 127 cm³/mol. The molecule has 0 aliphatic carbocycles. The smallest absolute Gasteiger partial charge is 0.326 e. The fourth-order valence-corrected chi connectivity index (χ4v) is 4.71. The number of carbonyl (C=O) groups excluding carboxylic acids is 2. The average Bonchev–Trinajstić information content (AvgIpc) is 3.42. The first-order valence-corrected chi connectivity index (χ1v) is 11.5. The summed E-state index contributed by atoms with van der Waals surface area (Å²) in [6.45, 7) is 4.14. The van der Waals surface area contributed by atoms with Crippen LogP contribution in [0.15, 0.2) is 45.8 Å². The van der Waals surface area contributed by atoms with E-state index in [4.69, 9.17) is 23.4 Å². The summed E-state index contributed by atoms with van der Waals surface area (Å²) >= 11 is 1.20. The number of furan rings is 1. The first-order chi connectivity index (χ1) is 16.5. The number of methoxy groups -OCH3 is 2. The number of fused-ring (bicyclic) bond motifs is 2. The van der Waals surface area contributed by atoms with Gasteiger partial charge >= 0.3 is 11.9 Å². The van der Waals surface area contributed by atoms with Gasteiger partial charge in [-0.1, -0.05) is 23.5 Å². The molecule has 0 fully saturated rings. The van der Waals surface area contributed by atoms with Crippen LogP contribution >= 0.6 is 11.3 Å². The second-order valence-electron chi connectivity index (χ2n) is 7.06.